The highest BCUT2D eigenvalue weighted by Gasteiger charge is 2.24. The largest absolute Gasteiger partial charge is 0.491 e. The summed E-state index contributed by atoms with van der Waals surface area (Å²) in [6, 6.07) is 7.53. The van der Waals surface area contributed by atoms with Crippen molar-refractivity contribution in [3.63, 3.8) is 0 Å². The van der Waals surface area contributed by atoms with Crippen molar-refractivity contribution in [1.82, 2.24) is 0 Å². The van der Waals surface area contributed by atoms with Crippen molar-refractivity contribution in [3.05, 3.63) is 24.3 Å². The summed E-state index contributed by atoms with van der Waals surface area (Å²) in [4.78, 5) is 13.5. The van der Waals surface area contributed by atoms with Crippen LogP contribution in [-0.2, 0) is 4.79 Å². The third kappa shape index (κ3) is 3.31. The number of anilines is 1. The zero-order valence-corrected chi connectivity index (χ0v) is 12.3. The quantitative estimate of drug-likeness (QED) is 0.870. The van der Waals surface area contributed by atoms with Crippen LogP contribution in [0.25, 0.3) is 0 Å². The van der Waals surface area contributed by atoms with Crippen molar-refractivity contribution < 1.29 is 14.6 Å². The van der Waals surface area contributed by atoms with Gasteiger partial charge < -0.3 is 14.7 Å². The fourth-order valence-corrected chi connectivity index (χ4v) is 2.33. The molecule has 0 spiro atoms. The van der Waals surface area contributed by atoms with Crippen LogP contribution in [0, 0.1) is 0 Å². The number of rotatable bonds is 6. The molecule has 0 aliphatic carbocycles. The van der Waals surface area contributed by atoms with Gasteiger partial charge >= 0.3 is 0 Å². The summed E-state index contributed by atoms with van der Waals surface area (Å²) in [7, 11) is 0. The zero-order chi connectivity index (χ0) is 14.6. The molecule has 110 valence electrons. The van der Waals surface area contributed by atoms with Crippen molar-refractivity contribution in [2.45, 2.75) is 45.1 Å². The molecule has 1 aliphatic heterocycles. The maximum Gasteiger partial charge on any atom is 0.227 e. The molecule has 1 heterocycles. The number of amides is 1. The molecule has 0 radical (unpaired) electrons. The van der Waals surface area contributed by atoms with E-state index < -0.39 is 5.60 Å². The summed E-state index contributed by atoms with van der Waals surface area (Å²) in [6.45, 7) is 4.95. The molecular weight excluding hydrogens is 254 g/mol. The van der Waals surface area contributed by atoms with E-state index in [9.17, 15) is 9.90 Å². The lowest BCUT2D eigenvalue weighted by atomic mass is 9.99. The number of carbonyl (C=O) groups is 1. The van der Waals surface area contributed by atoms with Crippen LogP contribution in [0.3, 0.4) is 0 Å². The Hall–Kier alpha value is -1.55. The van der Waals surface area contributed by atoms with Gasteiger partial charge in [0.05, 0.1) is 5.60 Å². The van der Waals surface area contributed by atoms with E-state index in [-0.39, 0.29) is 12.5 Å². The standard InChI is InChI=1S/C16H23NO3/c1-3-16(19,4-2)12-20-14-8-5-7-13(11-14)17-10-6-9-15(17)18/h5,7-8,11,19H,3-4,6,9-10,12H2,1-2H3. The Balaban J connectivity index is 2.05. The van der Waals surface area contributed by atoms with Crippen LogP contribution in [0.2, 0.25) is 0 Å². The molecule has 2 rings (SSSR count). The molecule has 1 aliphatic rings. The van der Waals surface area contributed by atoms with E-state index in [0.717, 1.165) is 18.7 Å². The third-order valence-electron chi connectivity index (χ3n) is 4.03. The number of hydrogen-bond donors (Lipinski definition) is 1. The first-order valence-corrected chi connectivity index (χ1v) is 7.33. The highest BCUT2D eigenvalue weighted by atomic mass is 16.5. The van der Waals surface area contributed by atoms with E-state index in [4.69, 9.17) is 4.74 Å². The van der Waals surface area contributed by atoms with E-state index in [1.165, 1.54) is 0 Å². The average molecular weight is 277 g/mol. The number of aliphatic hydroxyl groups is 1. The molecule has 1 fully saturated rings. The number of hydrogen-bond acceptors (Lipinski definition) is 3. The molecule has 1 aromatic carbocycles. The minimum atomic E-state index is -0.778. The summed E-state index contributed by atoms with van der Waals surface area (Å²) in [5, 5.41) is 10.2. The van der Waals surface area contributed by atoms with Crippen molar-refractivity contribution in [1.29, 1.82) is 0 Å². The molecule has 1 saturated heterocycles. The van der Waals surface area contributed by atoms with Crippen molar-refractivity contribution in [2.24, 2.45) is 0 Å². The van der Waals surface area contributed by atoms with E-state index in [0.29, 0.717) is 25.0 Å². The Morgan fingerprint density at radius 3 is 2.70 bits per heavy atom. The number of carbonyl (C=O) groups excluding carboxylic acids is 1. The Bertz CT molecular complexity index is 469. The van der Waals surface area contributed by atoms with Gasteiger partial charge in [-0.1, -0.05) is 19.9 Å². The monoisotopic (exact) mass is 277 g/mol. The first-order chi connectivity index (χ1) is 9.58. The highest BCUT2D eigenvalue weighted by molar-refractivity contribution is 5.95. The molecule has 4 nitrogen and oxygen atoms in total. The Kier molecular flexibility index (Phi) is 4.65. The zero-order valence-electron chi connectivity index (χ0n) is 12.3. The van der Waals surface area contributed by atoms with Crippen molar-refractivity contribution in [2.75, 3.05) is 18.1 Å². The first kappa shape index (κ1) is 14.9. The summed E-state index contributed by atoms with van der Waals surface area (Å²) in [6.07, 6.45) is 2.85. The lowest BCUT2D eigenvalue weighted by Gasteiger charge is -2.25. The molecule has 1 aromatic rings. The molecule has 1 N–H and O–H groups in total. The summed E-state index contributed by atoms with van der Waals surface area (Å²) >= 11 is 0. The van der Waals surface area contributed by atoms with Crippen LogP contribution < -0.4 is 9.64 Å². The Morgan fingerprint density at radius 2 is 2.10 bits per heavy atom. The smallest absolute Gasteiger partial charge is 0.227 e. The number of nitrogens with zero attached hydrogens (tertiary/aromatic N) is 1. The van der Waals surface area contributed by atoms with E-state index in [1.54, 1.807) is 4.90 Å². The lowest BCUT2D eigenvalue weighted by molar-refractivity contribution is -0.117. The topological polar surface area (TPSA) is 49.8 Å². The molecule has 0 atom stereocenters. The Morgan fingerprint density at radius 1 is 1.35 bits per heavy atom. The number of benzene rings is 1. The molecule has 20 heavy (non-hydrogen) atoms. The van der Waals surface area contributed by atoms with Crippen LogP contribution in [0.1, 0.15) is 39.5 Å². The third-order valence-corrected chi connectivity index (χ3v) is 4.03. The van der Waals surface area contributed by atoms with Crippen LogP contribution in [0.4, 0.5) is 5.69 Å². The van der Waals surface area contributed by atoms with Gasteiger partial charge in [0, 0.05) is 24.7 Å². The molecule has 0 aromatic heterocycles. The van der Waals surface area contributed by atoms with Gasteiger partial charge in [-0.3, -0.25) is 4.79 Å². The van der Waals surface area contributed by atoms with Gasteiger partial charge in [0.15, 0.2) is 0 Å². The predicted octanol–water partition coefficient (Wildman–Crippen LogP) is 2.74. The summed E-state index contributed by atoms with van der Waals surface area (Å²) in [5.41, 5.74) is 0.0981. The maximum absolute atomic E-state index is 11.7. The molecular formula is C16H23NO3. The van der Waals surface area contributed by atoms with Gasteiger partial charge in [-0.25, -0.2) is 0 Å². The van der Waals surface area contributed by atoms with E-state index in [2.05, 4.69) is 0 Å². The van der Waals surface area contributed by atoms with Crippen LogP contribution in [0.15, 0.2) is 24.3 Å². The molecule has 0 saturated carbocycles. The molecule has 0 bridgehead atoms. The second kappa shape index (κ2) is 6.27. The second-order valence-corrected chi connectivity index (χ2v) is 5.37. The summed E-state index contributed by atoms with van der Waals surface area (Å²) < 4.78 is 5.70. The van der Waals surface area contributed by atoms with Gasteiger partial charge in [0.2, 0.25) is 5.91 Å². The van der Waals surface area contributed by atoms with Gasteiger partial charge in [-0.05, 0) is 31.4 Å². The SMILES string of the molecule is CCC(O)(CC)COc1cccc(N2CCCC2=O)c1. The lowest BCUT2D eigenvalue weighted by Crippen LogP contribution is -2.34. The minimum absolute atomic E-state index is 0.167. The van der Waals surface area contributed by atoms with Gasteiger partial charge in [0.25, 0.3) is 0 Å². The molecule has 4 heteroatoms. The van der Waals surface area contributed by atoms with Crippen LogP contribution >= 0.6 is 0 Å². The van der Waals surface area contributed by atoms with E-state index in [1.807, 2.05) is 38.1 Å². The van der Waals surface area contributed by atoms with E-state index >= 15 is 0 Å². The average Bonchev–Trinajstić information content (AvgIpc) is 2.91. The molecule has 1 amide bonds. The van der Waals surface area contributed by atoms with Gasteiger partial charge in [0.1, 0.15) is 12.4 Å². The molecule has 0 unspecified atom stereocenters. The fraction of sp³-hybridized carbons (Fsp3) is 0.562. The highest BCUT2D eigenvalue weighted by Crippen LogP contribution is 2.26. The maximum atomic E-state index is 11.7. The normalized spacial score (nSPS) is 15.8. The first-order valence-electron chi connectivity index (χ1n) is 7.33. The Labute approximate surface area is 120 Å². The second-order valence-electron chi connectivity index (χ2n) is 5.37. The van der Waals surface area contributed by atoms with Crippen molar-refractivity contribution in [3.8, 4) is 5.75 Å². The summed E-state index contributed by atoms with van der Waals surface area (Å²) in [5.74, 6) is 0.864. The minimum Gasteiger partial charge on any atom is -0.491 e. The van der Waals surface area contributed by atoms with Gasteiger partial charge in [-0.2, -0.15) is 0 Å². The fourth-order valence-electron chi connectivity index (χ4n) is 2.33. The number of ether oxygens (including phenoxy) is 1. The van der Waals surface area contributed by atoms with Crippen LogP contribution in [0.5, 0.6) is 5.75 Å². The van der Waals surface area contributed by atoms with Crippen LogP contribution in [-0.4, -0.2) is 29.8 Å². The predicted molar refractivity (Wildman–Crippen MR) is 79.1 cm³/mol. The van der Waals surface area contributed by atoms with Crippen molar-refractivity contribution >= 4 is 11.6 Å². The van der Waals surface area contributed by atoms with Gasteiger partial charge in [-0.15, -0.1) is 0 Å².